The Bertz CT molecular complexity index is 1160. The molecule has 0 saturated carbocycles. The average molecular weight is 404 g/mol. The third-order valence-electron chi connectivity index (χ3n) is 5.10. The number of fused-ring (bicyclic) bond motifs is 2. The Morgan fingerprint density at radius 1 is 1.03 bits per heavy atom. The maximum atomic E-state index is 12.9. The summed E-state index contributed by atoms with van der Waals surface area (Å²) in [6, 6.07) is 13.3. The fourth-order valence-corrected chi connectivity index (χ4v) is 3.74. The largest absolute Gasteiger partial charge is 0.478 e. The van der Waals surface area contributed by atoms with Gasteiger partial charge in [-0.15, -0.1) is 0 Å². The average Bonchev–Trinajstić information content (AvgIpc) is 2.76. The molecular weight excluding hydrogens is 384 g/mol. The molecule has 3 aromatic rings. The van der Waals surface area contributed by atoms with E-state index < -0.39 is 24.5 Å². The van der Waals surface area contributed by atoms with Gasteiger partial charge in [0.2, 0.25) is 0 Å². The topological polar surface area (TPSA) is 106 Å². The minimum Gasteiger partial charge on any atom is -0.478 e. The number of ether oxygens (including phenoxy) is 1. The van der Waals surface area contributed by atoms with Crippen LogP contribution in [-0.2, 0) is 22.4 Å². The van der Waals surface area contributed by atoms with Crippen molar-refractivity contribution in [2.75, 3.05) is 11.9 Å². The fourth-order valence-electron chi connectivity index (χ4n) is 3.74. The second kappa shape index (κ2) is 8.32. The number of nitrogens with one attached hydrogen (secondary N) is 1. The molecule has 0 radical (unpaired) electrons. The zero-order valence-electron chi connectivity index (χ0n) is 16.2. The molecule has 2 N–H and O–H groups in total. The first kappa shape index (κ1) is 19.6. The number of hydrogen-bond acceptors (Lipinski definition) is 5. The van der Waals surface area contributed by atoms with Crippen molar-refractivity contribution in [1.29, 1.82) is 0 Å². The minimum atomic E-state index is -1.09. The summed E-state index contributed by atoms with van der Waals surface area (Å²) in [6.45, 7) is -0.471. The van der Waals surface area contributed by atoms with Gasteiger partial charge >= 0.3 is 11.9 Å². The van der Waals surface area contributed by atoms with Crippen LogP contribution in [0.2, 0.25) is 0 Å². The second-order valence-electron chi connectivity index (χ2n) is 7.15. The minimum absolute atomic E-state index is 0.0553. The zero-order chi connectivity index (χ0) is 21.1. The van der Waals surface area contributed by atoms with E-state index in [1.807, 2.05) is 24.3 Å². The van der Waals surface area contributed by atoms with Gasteiger partial charge in [-0.05, 0) is 55.5 Å². The van der Waals surface area contributed by atoms with Gasteiger partial charge in [0, 0.05) is 16.8 Å². The maximum absolute atomic E-state index is 12.9. The number of esters is 1. The molecule has 30 heavy (non-hydrogen) atoms. The lowest BCUT2D eigenvalue weighted by atomic mass is 9.90. The van der Waals surface area contributed by atoms with E-state index in [0.717, 1.165) is 47.8 Å². The predicted octanol–water partition coefficient (Wildman–Crippen LogP) is 3.61. The molecule has 0 saturated heterocycles. The number of rotatable bonds is 5. The summed E-state index contributed by atoms with van der Waals surface area (Å²) in [5.74, 6) is -2.19. The highest BCUT2D eigenvalue weighted by Gasteiger charge is 2.24. The number of carboxylic acids is 1. The number of anilines is 1. The van der Waals surface area contributed by atoms with E-state index in [0.29, 0.717) is 11.3 Å². The maximum Gasteiger partial charge on any atom is 0.339 e. The van der Waals surface area contributed by atoms with E-state index in [9.17, 15) is 14.4 Å². The van der Waals surface area contributed by atoms with Gasteiger partial charge in [0.25, 0.3) is 5.91 Å². The SMILES string of the molecule is O=C(COC(=O)c1c2c(nc3ccccc13)CCCC2)Nc1cccc(C(=O)O)c1. The Morgan fingerprint density at radius 3 is 2.67 bits per heavy atom. The molecule has 0 spiro atoms. The molecule has 0 bridgehead atoms. The Labute approximate surface area is 172 Å². The number of benzene rings is 2. The van der Waals surface area contributed by atoms with E-state index in [4.69, 9.17) is 14.8 Å². The molecule has 1 aliphatic rings. The van der Waals surface area contributed by atoms with E-state index in [-0.39, 0.29) is 5.56 Å². The van der Waals surface area contributed by atoms with Crippen molar-refractivity contribution >= 4 is 34.4 Å². The number of para-hydroxylation sites is 1. The van der Waals surface area contributed by atoms with Crippen molar-refractivity contribution in [3.63, 3.8) is 0 Å². The molecule has 1 aromatic heterocycles. The van der Waals surface area contributed by atoms with E-state index in [1.54, 1.807) is 6.07 Å². The summed E-state index contributed by atoms with van der Waals surface area (Å²) >= 11 is 0. The summed E-state index contributed by atoms with van der Waals surface area (Å²) in [5.41, 5.74) is 3.42. The van der Waals surface area contributed by atoms with Gasteiger partial charge in [-0.25, -0.2) is 9.59 Å². The zero-order valence-corrected chi connectivity index (χ0v) is 16.2. The normalized spacial score (nSPS) is 12.8. The number of aromatic nitrogens is 1. The van der Waals surface area contributed by atoms with Crippen molar-refractivity contribution in [3.05, 3.63) is 70.9 Å². The molecule has 152 valence electrons. The number of nitrogens with zero attached hydrogens (tertiary/aromatic N) is 1. The van der Waals surface area contributed by atoms with Crippen LogP contribution in [0.25, 0.3) is 10.9 Å². The van der Waals surface area contributed by atoms with Crippen LogP contribution in [0, 0.1) is 0 Å². The summed E-state index contributed by atoms with van der Waals surface area (Å²) in [5, 5.41) is 12.3. The number of amides is 1. The Kier molecular flexibility index (Phi) is 5.43. The fraction of sp³-hybridized carbons (Fsp3) is 0.217. The molecule has 7 nitrogen and oxygen atoms in total. The number of carboxylic acid groups (broad SMARTS) is 1. The van der Waals surface area contributed by atoms with Crippen LogP contribution in [0.4, 0.5) is 5.69 Å². The van der Waals surface area contributed by atoms with Crippen LogP contribution in [0.15, 0.2) is 48.5 Å². The highest BCUT2D eigenvalue weighted by Crippen LogP contribution is 2.29. The first-order valence-electron chi connectivity index (χ1n) is 9.74. The summed E-state index contributed by atoms with van der Waals surface area (Å²) < 4.78 is 5.32. The van der Waals surface area contributed by atoms with Crippen molar-refractivity contribution in [2.45, 2.75) is 25.7 Å². The lowest BCUT2D eigenvalue weighted by molar-refractivity contribution is -0.119. The molecule has 0 unspecified atom stereocenters. The summed E-state index contributed by atoms with van der Waals surface area (Å²) in [4.78, 5) is 40.9. The van der Waals surface area contributed by atoms with E-state index >= 15 is 0 Å². The quantitative estimate of drug-likeness (QED) is 0.630. The molecular formula is C23H20N2O5. The smallest absolute Gasteiger partial charge is 0.339 e. The van der Waals surface area contributed by atoms with Crippen molar-refractivity contribution < 1.29 is 24.2 Å². The third kappa shape index (κ3) is 4.00. The number of aromatic carboxylic acids is 1. The van der Waals surface area contributed by atoms with Gasteiger partial charge in [0.15, 0.2) is 6.61 Å². The second-order valence-corrected chi connectivity index (χ2v) is 7.15. The highest BCUT2D eigenvalue weighted by molar-refractivity contribution is 6.06. The van der Waals surface area contributed by atoms with Crippen LogP contribution in [0.3, 0.4) is 0 Å². The lowest BCUT2D eigenvalue weighted by Gasteiger charge is -2.19. The first-order chi connectivity index (χ1) is 14.5. The number of hydrogen-bond donors (Lipinski definition) is 2. The summed E-state index contributed by atoms with van der Waals surface area (Å²) in [7, 11) is 0. The van der Waals surface area contributed by atoms with E-state index in [1.165, 1.54) is 18.2 Å². The van der Waals surface area contributed by atoms with Crippen LogP contribution in [-0.4, -0.2) is 34.5 Å². The standard InChI is InChI=1S/C23H20N2O5/c26-20(24-15-7-5-6-14(12-15)22(27)28)13-30-23(29)21-16-8-1-3-10-18(16)25-19-11-4-2-9-17(19)21/h1,3,5-8,10,12H,2,4,9,11,13H2,(H,24,26)(H,27,28). The Balaban J connectivity index is 1.52. The summed E-state index contributed by atoms with van der Waals surface area (Å²) in [6.07, 6.45) is 3.59. The Hall–Kier alpha value is -3.74. The van der Waals surface area contributed by atoms with Crippen molar-refractivity contribution in [2.24, 2.45) is 0 Å². The molecule has 1 amide bonds. The molecule has 4 rings (SSSR count). The van der Waals surface area contributed by atoms with Gasteiger partial charge in [0.05, 0.1) is 16.6 Å². The number of pyridine rings is 1. The predicted molar refractivity (Wildman–Crippen MR) is 111 cm³/mol. The third-order valence-corrected chi connectivity index (χ3v) is 5.10. The van der Waals surface area contributed by atoms with Gasteiger partial charge < -0.3 is 15.2 Å². The number of aryl methyl sites for hydroxylation is 1. The van der Waals surface area contributed by atoms with Crippen molar-refractivity contribution in [1.82, 2.24) is 4.98 Å². The van der Waals surface area contributed by atoms with Gasteiger partial charge in [-0.2, -0.15) is 0 Å². The molecule has 0 aliphatic heterocycles. The Morgan fingerprint density at radius 2 is 1.83 bits per heavy atom. The lowest BCUT2D eigenvalue weighted by Crippen LogP contribution is -2.22. The molecule has 0 atom stereocenters. The molecule has 1 aliphatic carbocycles. The van der Waals surface area contributed by atoms with Gasteiger partial charge in [0.1, 0.15) is 0 Å². The van der Waals surface area contributed by atoms with Crippen LogP contribution in [0.5, 0.6) is 0 Å². The monoisotopic (exact) mass is 404 g/mol. The van der Waals surface area contributed by atoms with Gasteiger partial charge in [-0.1, -0.05) is 24.3 Å². The van der Waals surface area contributed by atoms with Crippen LogP contribution >= 0.6 is 0 Å². The van der Waals surface area contributed by atoms with Crippen molar-refractivity contribution in [3.8, 4) is 0 Å². The van der Waals surface area contributed by atoms with E-state index in [2.05, 4.69) is 5.32 Å². The molecule has 0 fully saturated rings. The van der Waals surface area contributed by atoms with Crippen LogP contribution in [0.1, 0.15) is 44.8 Å². The van der Waals surface area contributed by atoms with Crippen LogP contribution < -0.4 is 5.32 Å². The first-order valence-corrected chi connectivity index (χ1v) is 9.74. The number of carbonyl (C=O) groups is 3. The number of carbonyl (C=O) groups excluding carboxylic acids is 2. The molecule has 7 heteroatoms. The molecule has 2 aromatic carbocycles. The highest BCUT2D eigenvalue weighted by atomic mass is 16.5. The molecule has 1 heterocycles. The van der Waals surface area contributed by atoms with Gasteiger partial charge in [-0.3, -0.25) is 9.78 Å².